The zero-order valence-corrected chi connectivity index (χ0v) is 14.1. The fraction of sp³-hybridized carbons (Fsp3) is 0.438. The number of carbonyl (C=O) groups is 1. The number of nitrogens with zero attached hydrogens (tertiary/aromatic N) is 3. The molecule has 2 aromatic rings. The van der Waals surface area contributed by atoms with Crippen LogP contribution in [-0.2, 0) is 27.1 Å². The minimum Gasteiger partial charge on any atom is -0.368 e. The van der Waals surface area contributed by atoms with E-state index in [4.69, 9.17) is 9.57 Å². The fourth-order valence-corrected chi connectivity index (χ4v) is 2.62. The molecule has 1 saturated heterocycles. The maximum atomic E-state index is 14.3. The van der Waals surface area contributed by atoms with Crippen molar-refractivity contribution < 1.29 is 36.5 Å². The molecular formula is C16H15F4N3O4. The molecule has 0 saturated carbocycles. The maximum absolute atomic E-state index is 14.3. The van der Waals surface area contributed by atoms with Gasteiger partial charge in [0.25, 0.3) is 5.91 Å². The van der Waals surface area contributed by atoms with Gasteiger partial charge in [0.2, 0.25) is 5.82 Å². The lowest BCUT2D eigenvalue weighted by Crippen LogP contribution is -2.37. The lowest BCUT2D eigenvalue weighted by molar-refractivity contribution is -0.188. The highest BCUT2D eigenvalue weighted by atomic mass is 19.4. The van der Waals surface area contributed by atoms with Crippen LogP contribution in [0, 0.1) is 5.82 Å². The lowest BCUT2D eigenvalue weighted by atomic mass is 10.1. The highest BCUT2D eigenvalue weighted by molar-refractivity contribution is 5.80. The van der Waals surface area contributed by atoms with E-state index in [0.717, 1.165) is 17.6 Å². The summed E-state index contributed by atoms with van der Waals surface area (Å²) in [5.41, 5.74) is 0.108. The third-order valence-corrected chi connectivity index (χ3v) is 3.94. The molecule has 1 atom stereocenters. The van der Waals surface area contributed by atoms with Crippen LogP contribution < -0.4 is 0 Å². The number of hydrogen-bond acceptors (Lipinski definition) is 6. The first-order valence-corrected chi connectivity index (χ1v) is 7.96. The number of carbonyl (C=O) groups excluding carboxylic acids is 1. The van der Waals surface area contributed by atoms with Gasteiger partial charge in [0.15, 0.2) is 0 Å². The Kier molecular flexibility index (Phi) is 5.42. The number of aromatic nitrogens is 2. The van der Waals surface area contributed by atoms with E-state index >= 15 is 0 Å². The van der Waals surface area contributed by atoms with Crippen molar-refractivity contribution in [1.29, 1.82) is 0 Å². The number of rotatable bonds is 5. The molecule has 0 N–H and O–H groups in total. The third-order valence-electron chi connectivity index (χ3n) is 3.94. The molecule has 146 valence electrons. The molecule has 1 fully saturated rings. The minimum atomic E-state index is -4.82. The van der Waals surface area contributed by atoms with Crippen LogP contribution in [0.2, 0.25) is 0 Å². The quantitative estimate of drug-likeness (QED) is 0.578. The van der Waals surface area contributed by atoms with Crippen molar-refractivity contribution in [1.82, 2.24) is 15.2 Å². The average molecular weight is 389 g/mol. The van der Waals surface area contributed by atoms with E-state index in [1.165, 1.54) is 19.2 Å². The molecule has 0 spiro atoms. The van der Waals surface area contributed by atoms with Gasteiger partial charge in [0, 0.05) is 6.61 Å². The van der Waals surface area contributed by atoms with Gasteiger partial charge in [-0.3, -0.25) is 9.63 Å². The van der Waals surface area contributed by atoms with Crippen LogP contribution in [0.4, 0.5) is 17.6 Å². The van der Waals surface area contributed by atoms with E-state index < -0.39 is 29.8 Å². The van der Waals surface area contributed by atoms with Crippen LogP contribution in [0.3, 0.4) is 0 Å². The Morgan fingerprint density at radius 1 is 1.41 bits per heavy atom. The molecule has 27 heavy (non-hydrogen) atoms. The molecule has 3 rings (SSSR count). The van der Waals surface area contributed by atoms with E-state index in [-0.39, 0.29) is 18.0 Å². The van der Waals surface area contributed by atoms with Crippen LogP contribution >= 0.6 is 0 Å². The van der Waals surface area contributed by atoms with Gasteiger partial charge in [-0.05, 0) is 30.5 Å². The molecule has 1 aliphatic heterocycles. The van der Waals surface area contributed by atoms with Gasteiger partial charge in [-0.25, -0.2) is 9.45 Å². The van der Waals surface area contributed by atoms with Gasteiger partial charge < -0.3 is 9.26 Å². The molecule has 1 aromatic carbocycles. The highest BCUT2D eigenvalue weighted by Gasteiger charge is 2.38. The molecule has 11 heteroatoms. The van der Waals surface area contributed by atoms with Crippen LogP contribution in [0.25, 0.3) is 11.4 Å². The van der Waals surface area contributed by atoms with Crippen LogP contribution in [0.15, 0.2) is 22.7 Å². The largest absolute Gasteiger partial charge is 0.471 e. The molecule has 0 radical (unpaired) electrons. The van der Waals surface area contributed by atoms with Crippen molar-refractivity contribution in [3.63, 3.8) is 0 Å². The Morgan fingerprint density at radius 2 is 2.19 bits per heavy atom. The monoisotopic (exact) mass is 389 g/mol. The second-order valence-electron chi connectivity index (χ2n) is 5.79. The highest BCUT2D eigenvalue weighted by Crippen LogP contribution is 2.30. The zero-order chi connectivity index (χ0) is 19.6. The van der Waals surface area contributed by atoms with Crippen LogP contribution in [0.1, 0.15) is 24.3 Å². The van der Waals surface area contributed by atoms with Crippen molar-refractivity contribution in [3.05, 3.63) is 35.5 Å². The number of hydrogen-bond donors (Lipinski definition) is 0. The molecule has 0 bridgehead atoms. The molecule has 1 unspecified atom stereocenters. The minimum absolute atomic E-state index is 0.0631. The average Bonchev–Trinajstić information content (AvgIpc) is 3.30. The Bertz CT molecular complexity index is 818. The number of alkyl halides is 3. The number of hydroxylamine groups is 2. The predicted octanol–water partition coefficient (Wildman–Crippen LogP) is 2.96. The summed E-state index contributed by atoms with van der Waals surface area (Å²) < 4.78 is 61.3. The Hall–Kier alpha value is -2.53. The zero-order valence-electron chi connectivity index (χ0n) is 14.1. The molecule has 7 nitrogen and oxygen atoms in total. The number of amides is 1. The smallest absolute Gasteiger partial charge is 0.368 e. The summed E-state index contributed by atoms with van der Waals surface area (Å²) in [7, 11) is 1.30. The third kappa shape index (κ3) is 4.25. The number of benzene rings is 1. The van der Waals surface area contributed by atoms with Gasteiger partial charge in [-0.15, -0.1) is 0 Å². The van der Waals surface area contributed by atoms with E-state index in [1.54, 1.807) is 0 Å². The Labute approximate surface area is 150 Å². The summed E-state index contributed by atoms with van der Waals surface area (Å²) in [5.74, 6) is -3.32. The van der Waals surface area contributed by atoms with Crippen LogP contribution in [0.5, 0.6) is 0 Å². The first kappa shape index (κ1) is 19.2. The van der Waals surface area contributed by atoms with Gasteiger partial charge in [0.05, 0.1) is 19.2 Å². The Balaban J connectivity index is 1.76. The van der Waals surface area contributed by atoms with Crippen molar-refractivity contribution in [3.8, 4) is 11.4 Å². The van der Waals surface area contributed by atoms with Gasteiger partial charge >= 0.3 is 12.1 Å². The van der Waals surface area contributed by atoms with Crippen LogP contribution in [-0.4, -0.2) is 40.9 Å². The summed E-state index contributed by atoms with van der Waals surface area (Å²) in [6.45, 7) is 0.425. The molecule has 0 aliphatic carbocycles. The summed E-state index contributed by atoms with van der Waals surface area (Å²) in [6, 6.07) is 3.70. The molecule has 1 amide bonds. The SMILES string of the molecule is CON(Cc1ccc(-c2noc(C(F)(F)F)n2)c(F)c1)C(=O)C1CCCO1. The summed E-state index contributed by atoms with van der Waals surface area (Å²) in [4.78, 5) is 20.5. The first-order valence-electron chi connectivity index (χ1n) is 7.96. The number of halogens is 4. The molecular weight excluding hydrogens is 374 g/mol. The lowest BCUT2D eigenvalue weighted by Gasteiger charge is -2.22. The maximum Gasteiger partial charge on any atom is 0.471 e. The van der Waals surface area contributed by atoms with Crippen molar-refractivity contribution in [2.45, 2.75) is 31.7 Å². The molecule has 2 heterocycles. The summed E-state index contributed by atoms with van der Waals surface area (Å²) >= 11 is 0. The second-order valence-corrected chi connectivity index (χ2v) is 5.79. The second kappa shape index (κ2) is 7.61. The predicted molar refractivity (Wildman–Crippen MR) is 81.2 cm³/mol. The van der Waals surface area contributed by atoms with Gasteiger partial charge in [-0.2, -0.15) is 18.2 Å². The van der Waals surface area contributed by atoms with E-state index in [2.05, 4.69) is 14.7 Å². The van der Waals surface area contributed by atoms with Gasteiger partial charge in [0.1, 0.15) is 11.9 Å². The van der Waals surface area contributed by atoms with E-state index in [0.29, 0.717) is 18.6 Å². The van der Waals surface area contributed by atoms with Crippen molar-refractivity contribution in [2.24, 2.45) is 0 Å². The topological polar surface area (TPSA) is 77.7 Å². The molecule has 1 aliphatic rings. The number of ether oxygens (including phenoxy) is 1. The van der Waals surface area contributed by atoms with E-state index in [1.807, 2.05) is 0 Å². The van der Waals surface area contributed by atoms with E-state index in [9.17, 15) is 22.4 Å². The standard InChI is InChI=1S/C16H15F4N3O4/c1-25-23(14(24)12-3-2-6-26-12)8-9-4-5-10(11(17)7-9)13-21-15(27-22-13)16(18,19)20/h4-5,7,12H,2-3,6,8H2,1H3. The fourth-order valence-electron chi connectivity index (χ4n) is 2.62. The van der Waals surface area contributed by atoms with Crippen molar-refractivity contribution >= 4 is 5.91 Å². The van der Waals surface area contributed by atoms with Gasteiger partial charge in [-0.1, -0.05) is 11.2 Å². The summed E-state index contributed by atoms with van der Waals surface area (Å²) in [6.07, 6.45) is -4.08. The molecule has 1 aromatic heterocycles. The van der Waals surface area contributed by atoms with Crippen molar-refractivity contribution in [2.75, 3.05) is 13.7 Å². The normalized spacial score (nSPS) is 17.3. The Morgan fingerprint density at radius 3 is 2.74 bits per heavy atom. The first-order chi connectivity index (χ1) is 12.8. The summed E-state index contributed by atoms with van der Waals surface area (Å²) in [5, 5.41) is 4.19.